The van der Waals surface area contributed by atoms with E-state index in [2.05, 4.69) is 0 Å². The molecule has 8 nitrogen and oxygen atoms in total. The van der Waals surface area contributed by atoms with E-state index in [0.717, 1.165) is 5.57 Å². The van der Waals surface area contributed by atoms with Crippen molar-refractivity contribution in [1.82, 2.24) is 4.90 Å². The van der Waals surface area contributed by atoms with Gasteiger partial charge in [0.1, 0.15) is 11.3 Å². The third-order valence-electron chi connectivity index (χ3n) is 4.54. The molecule has 0 saturated carbocycles. The fourth-order valence-corrected chi connectivity index (χ4v) is 3.74. The molecule has 0 spiro atoms. The Labute approximate surface area is 168 Å². The third-order valence-corrected chi connectivity index (χ3v) is 4.77. The summed E-state index contributed by atoms with van der Waals surface area (Å²) in [5.74, 6) is -1.62. The summed E-state index contributed by atoms with van der Waals surface area (Å²) in [4.78, 5) is 36.6. The number of rotatable bonds is 1. The van der Waals surface area contributed by atoms with Crippen molar-refractivity contribution in [3.8, 4) is 0 Å². The molecule has 4 aliphatic rings. The predicted molar refractivity (Wildman–Crippen MR) is 87.5 cm³/mol. The van der Waals surface area contributed by atoms with Gasteiger partial charge in [0, 0.05) is 23.5 Å². The molecule has 1 unspecified atom stereocenters. The first-order chi connectivity index (χ1) is 11.4. The fourth-order valence-electron chi connectivity index (χ4n) is 3.58. The average molecular weight is 375 g/mol. The van der Waals surface area contributed by atoms with Crippen LogP contribution < -0.4 is 0 Å². The van der Waals surface area contributed by atoms with Gasteiger partial charge in [-0.15, -0.1) is 0 Å². The molecule has 1 aliphatic carbocycles. The molecule has 25 heavy (non-hydrogen) atoms. The van der Waals surface area contributed by atoms with Gasteiger partial charge in [-0.3, -0.25) is 19.7 Å². The van der Waals surface area contributed by atoms with Crippen molar-refractivity contribution in [3.05, 3.63) is 55.3 Å². The number of allylic oxidation sites excluding steroid dienone is 2. The molecule has 0 radical (unpaired) electrons. The summed E-state index contributed by atoms with van der Waals surface area (Å²) in [5, 5.41) is 21.6. The minimum absolute atomic E-state index is 0. The number of aliphatic hydroxyl groups is 1. The van der Waals surface area contributed by atoms with Crippen molar-refractivity contribution < 1.29 is 24.4 Å². The van der Waals surface area contributed by atoms with Crippen LogP contribution in [-0.2, 0) is 14.3 Å². The molecule has 0 aromatic heterocycles. The van der Waals surface area contributed by atoms with Crippen molar-refractivity contribution in [3.63, 3.8) is 0 Å². The number of carbonyl (C=O) groups is 2. The molecule has 0 saturated heterocycles. The van der Waals surface area contributed by atoms with E-state index in [4.69, 9.17) is 16.3 Å². The summed E-state index contributed by atoms with van der Waals surface area (Å²) in [6, 6.07) is -1.74. The fraction of sp³-hybridized carbons (Fsp3) is 0.333. The number of ketones is 2. The van der Waals surface area contributed by atoms with Crippen LogP contribution in [0.5, 0.6) is 0 Å². The van der Waals surface area contributed by atoms with Gasteiger partial charge in [-0.05, 0) is 29.7 Å². The topological polar surface area (TPSA) is 110 Å². The second-order valence-electron chi connectivity index (χ2n) is 5.95. The van der Waals surface area contributed by atoms with E-state index in [1.165, 1.54) is 0 Å². The van der Waals surface area contributed by atoms with Crippen molar-refractivity contribution in [2.75, 3.05) is 13.1 Å². The molecular formula is C15H12ClN2NaO6. The van der Waals surface area contributed by atoms with E-state index in [-0.39, 0.29) is 53.3 Å². The second-order valence-corrected chi connectivity index (χ2v) is 6.32. The summed E-state index contributed by atoms with van der Waals surface area (Å²) in [6.07, 6.45) is 1.98. The van der Waals surface area contributed by atoms with E-state index >= 15 is 0 Å². The van der Waals surface area contributed by atoms with Crippen molar-refractivity contribution in [1.29, 1.82) is 0 Å². The Balaban J connectivity index is 0.00000182. The molecule has 4 rings (SSSR count). The van der Waals surface area contributed by atoms with Gasteiger partial charge in [0.25, 0.3) is 0 Å². The molecule has 0 amide bonds. The Morgan fingerprint density at radius 2 is 2.08 bits per heavy atom. The zero-order valence-corrected chi connectivity index (χ0v) is 13.0. The van der Waals surface area contributed by atoms with Gasteiger partial charge in [-0.1, -0.05) is 0 Å². The van der Waals surface area contributed by atoms with E-state index in [0.29, 0.717) is 30.0 Å². The summed E-state index contributed by atoms with van der Waals surface area (Å²) < 4.78 is 5.54. The van der Waals surface area contributed by atoms with E-state index < -0.39 is 28.3 Å². The SMILES string of the molecule is O=C1CN2CC3=C(OC(Cl)=CC3)C3=C2C(=C1O)C([N+](=O)[O-])C(=O)C3.[NaH]. The van der Waals surface area contributed by atoms with Gasteiger partial charge >= 0.3 is 35.6 Å². The molecule has 3 aliphatic heterocycles. The van der Waals surface area contributed by atoms with Crippen molar-refractivity contribution >= 4 is 52.7 Å². The third kappa shape index (κ3) is 2.64. The average Bonchev–Trinajstić information content (AvgIpc) is 2.52. The van der Waals surface area contributed by atoms with Gasteiger partial charge in [0.15, 0.2) is 11.0 Å². The number of nitrogens with zero attached hydrogens (tertiary/aromatic N) is 2. The normalized spacial score (nSPS) is 25.1. The van der Waals surface area contributed by atoms with Gasteiger partial charge in [-0.25, -0.2) is 0 Å². The van der Waals surface area contributed by atoms with Gasteiger partial charge in [0.05, 0.1) is 12.2 Å². The van der Waals surface area contributed by atoms with Crippen LogP contribution in [0.15, 0.2) is 45.2 Å². The summed E-state index contributed by atoms with van der Waals surface area (Å²) in [5.41, 5.74) is 1.40. The number of Topliss-reactive ketones (excluding diaryl/α,β-unsaturated/α-hetero) is 2. The molecular weight excluding hydrogens is 363 g/mol. The van der Waals surface area contributed by atoms with Crippen LogP contribution in [-0.4, -0.2) is 75.2 Å². The van der Waals surface area contributed by atoms with Crippen LogP contribution >= 0.6 is 11.6 Å². The van der Waals surface area contributed by atoms with Crippen molar-refractivity contribution in [2.24, 2.45) is 0 Å². The van der Waals surface area contributed by atoms with E-state index in [9.17, 15) is 24.8 Å². The summed E-state index contributed by atoms with van der Waals surface area (Å²) in [6.45, 7) is 0.233. The number of fused-ring (bicyclic) bond motifs is 1. The number of aliphatic hydroxyl groups excluding tert-OH is 1. The van der Waals surface area contributed by atoms with Crippen LogP contribution in [0.2, 0.25) is 0 Å². The quantitative estimate of drug-likeness (QED) is 0.408. The van der Waals surface area contributed by atoms with E-state index in [1.807, 2.05) is 0 Å². The predicted octanol–water partition coefficient (Wildman–Crippen LogP) is 0.675. The number of ether oxygens (including phenoxy) is 1. The van der Waals surface area contributed by atoms with Crippen LogP contribution in [0.25, 0.3) is 0 Å². The van der Waals surface area contributed by atoms with Crippen molar-refractivity contribution in [2.45, 2.75) is 18.9 Å². The zero-order chi connectivity index (χ0) is 17.2. The van der Waals surface area contributed by atoms with E-state index in [1.54, 1.807) is 11.0 Å². The molecule has 126 valence electrons. The maximum atomic E-state index is 12.3. The molecule has 1 atom stereocenters. The first kappa shape index (κ1) is 18.2. The van der Waals surface area contributed by atoms with Crippen LogP contribution in [0.4, 0.5) is 0 Å². The van der Waals surface area contributed by atoms with Crippen LogP contribution in [0.1, 0.15) is 12.8 Å². The van der Waals surface area contributed by atoms with Gasteiger partial charge in [-0.2, -0.15) is 0 Å². The monoisotopic (exact) mass is 374 g/mol. The molecule has 10 heteroatoms. The number of halogens is 1. The maximum absolute atomic E-state index is 12.3. The molecule has 0 bridgehead atoms. The number of hydrogen-bond acceptors (Lipinski definition) is 7. The molecule has 0 fully saturated rings. The Hall–Kier alpha value is -1.61. The molecule has 3 heterocycles. The van der Waals surface area contributed by atoms with Gasteiger partial charge in [0.2, 0.25) is 11.6 Å². The van der Waals surface area contributed by atoms with Crippen LogP contribution in [0, 0.1) is 10.1 Å². The molecule has 0 aromatic carbocycles. The second kappa shape index (κ2) is 6.28. The summed E-state index contributed by atoms with van der Waals surface area (Å²) in [7, 11) is 0. The minimum atomic E-state index is -1.74. The molecule has 0 aromatic rings. The van der Waals surface area contributed by atoms with Gasteiger partial charge < -0.3 is 14.7 Å². The number of nitro groups is 1. The summed E-state index contributed by atoms with van der Waals surface area (Å²) >= 11 is 5.92. The first-order valence-electron chi connectivity index (χ1n) is 7.25. The number of carbonyl (C=O) groups excluding carboxylic acids is 2. The number of hydrogen-bond donors (Lipinski definition) is 1. The zero-order valence-electron chi connectivity index (χ0n) is 12.2. The Morgan fingerprint density at radius 3 is 2.76 bits per heavy atom. The first-order valence-corrected chi connectivity index (χ1v) is 7.63. The Bertz CT molecular complexity index is 856. The Kier molecular flexibility index (Phi) is 4.57. The Morgan fingerprint density at radius 1 is 1.36 bits per heavy atom. The molecule has 1 N–H and O–H groups in total. The van der Waals surface area contributed by atoms with Crippen LogP contribution in [0.3, 0.4) is 0 Å². The standard InChI is InChI=1S/C15H11ClN2O6.Na.H/c16-10-2-1-6-4-17-5-9(20)14(21)11-12(17)7(15(6)24-10)3-8(19)13(11)18(22)23;;/h2,13,21H,1,3-5H2;;.